The molecule has 1 aromatic heterocycles. The van der Waals surface area contributed by atoms with Crippen LogP contribution in [0.4, 0.5) is 5.13 Å². The highest BCUT2D eigenvalue weighted by Crippen LogP contribution is 2.38. The number of benzene rings is 1. The van der Waals surface area contributed by atoms with Gasteiger partial charge in [-0.2, -0.15) is 0 Å². The molecule has 1 aromatic carbocycles. The van der Waals surface area contributed by atoms with Crippen LogP contribution in [-0.2, 0) is 20.8 Å². The van der Waals surface area contributed by atoms with Gasteiger partial charge in [0.2, 0.25) is 17.7 Å². The number of anilines is 1. The first-order chi connectivity index (χ1) is 14.1. The maximum atomic E-state index is 12.5. The fourth-order valence-corrected chi connectivity index (χ4v) is 5.35. The number of likely N-dealkylation sites (tertiary alicyclic amines) is 1. The summed E-state index contributed by atoms with van der Waals surface area (Å²) in [4.78, 5) is 43.2. The molecular weight excluding hydrogens is 386 g/mol. The van der Waals surface area contributed by atoms with Gasteiger partial charge in [-0.1, -0.05) is 43.6 Å². The van der Waals surface area contributed by atoms with Crippen LogP contribution in [0, 0.1) is 11.8 Å². The molecular formula is C22H27N3O3S. The van der Waals surface area contributed by atoms with Gasteiger partial charge in [-0.25, -0.2) is 4.98 Å². The average Bonchev–Trinajstić information content (AvgIpc) is 3.23. The van der Waals surface area contributed by atoms with Crippen LogP contribution in [0.1, 0.15) is 57.4 Å². The minimum atomic E-state index is -0.217. The molecule has 6 nitrogen and oxygen atoms in total. The van der Waals surface area contributed by atoms with E-state index >= 15 is 0 Å². The van der Waals surface area contributed by atoms with Crippen molar-refractivity contribution in [1.82, 2.24) is 9.88 Å². The zero-order valence-corrected chi connectivity index (χ0v) is 17.6. The second-order valence-electron chi connectivity index (χ2n) is 8.05. The number of carbonyl (C=O) groups is 3. The standard InChI is InChI=1S/C22H27N3O3S/c1-2-3-6-14-9-10-17-18(13-14)29-22(23-17)24-19(26)11-12-25-20(27)15-7-4-5-8-16(15)21(25)28/h9-10,13,15-16H,2-8,11-12H2,1H3,(H,23,24,26). The van der Waals surface area contributed by atoms with Gasteiger partial charge in [0.15, 0.2) is 5.13 Å². The van der Waals surface area contributed by atoms with Crippen molar-refractivity contribution >= 4 is 44.4 Å². The van der Waals surface area contributed by atoms with Crippen molar-refractivity contribution in [3.63, 3.8) is 0 Å². The van der Waals surface area contributed by atoms with Crippen LogP contribution < -0.4 is 5.32 Å². The molecule has 0 spiro atoms. The van der Waals surface area contributed by atoms with Gasteiger partial charge in [-0.05, 0) is 43.4 Å². The van der Waals surface area contributed by atoms with E-state index in [1.54, 1.807) is 0 Å². The van der Waals surface area contributed by atoms with Crippen LogP contribution in [0.2, 0.25) is 0 Å². The number of aryl methyl sites for hydroxylation is 1. The molecule has 2 heterocycles. The Labute approximate surface area is 174 Å². The fraction of sp³-hybridized carbons (Fsp3) is 0.545. The molecule has 2 atom stereocenters. The van der Waals surface area contributed by atoms with Gasteiger partial charge in [0.25, 0.3) is 0 Å². The van der Waals surface area contributed by atoms with E-state index in [0.29, 0.717) is 5.13 Å². The van der Waals surface area contributed by atoms with Crippen LogP contribution in [0.5, 0.6) is 0 Å². The first-order valence-electron chi connectivity index (χ1n) is 10.6. The molecule has 1 saturated carbocycles. The highest BCUT2D eigenvalue weighted by molar-refractivity contribution is 7.22. The number of thiazole rings is 1. The van der Waals surface area contributed by atoms with Crippen LogP contribution in [0.3, 0.4) is 0 Å². The normalized spacial score (nSPS) is 21.6. The van der Waals surface area contributed by atoms with Gasteiger partial charge in [0, 0.05) is 13.0 Å². The number of carbonyl (C=O) groups excluding carboxylic acids is 3. The molecule has 1 N–H and O–H groups in total. The minimum Gasteiger partial charge on any atom is -0.302 e. The molecule has 7 heteroatoms. The molecule has 1 aliphatic carbocycles. The third-order valence-electron chi connectivity index (χ3n) is 6.01. The Morgan fingerprint density at radius 1 is 1.21 bits per heavy atom. The van der Waals surface area contributed by atoms with Crippen molar-refractivity contribution < 1.29 is 14.4 Å². The Kier molecular flexibility index (Phi) is 5.94. The number of nitrogens with zero attached hydrogens (tertiary/aromatic N) is 2. The van der Waals surface area contributed by atoms with E-state index in [9.17, 15) is 14.4 Å². The van der Waals surface area contributed by atoms with Gasteiger partial charge in [0.1, 0.15) is 0 Å². The molecule has 0 bridgehead atoms. The highest BCUT2D eigenvalue weighted by Gasteiger charge is 2.47. The molecule has 0 radical (unpaired) electrons. The molecule has 2 aromatic rings. The van der Waals surface area contributed by atoms with Gasteiger partial charge in [-0.3, -0.25) is 19.3 Å². The lowest BCUT2D eigenvalue weighted by molar-refractivity contribution is -0.140. The monoisotopic (exact) mass is 413 g/mol. The molecule has 154 valence electrons. The third-order valence-corrected chi connectivity index (χ3v) is 6.95. The van der Waals surface area contributed by atoms with Crippen LogP contribution in [-0.4, -0.2) is 34.2 Å². The van der Waals surface area contributed by atoms with E-state index < -0.39 is 0 Å². The quantitative estimate of drug-likeness (QED) is 0.692. The van der Waals surface area contributed by atoms with Gasteiger partial charge >= 0.3 is 0 Å². The number of unbranched alkanes of at least 4 members (excludes halogenated alkanes) is 1. The Hall–Kier alpha value is -2.28. The zero-order chi connectivity index (χ0) is 20.4. The Morgan fingerprint density at radius 3 is 2.62 bits per heavy atom. The Bertz CT molecular complexity index is 915. The van der Waals surface area contributed by atoms with E-state index in [2.05, 4.69) is 29.4 Å². The summed E-state index contributed by atoms with van der Waals surface area (Å²) in [6, 6.07) is 6.23. The van der Waals surface area contributed by atoms with Crippen molar-refractivity contribution in [2.24, 2.45) is 11.8 Å². The predicted molar refractivity (Wildman–Crippen MR) is 114 cm³/mol. The lowest BCUT2D eigenvalue weighted by Crippen LogP contribution is -2.34. The number of nitrogens with one attached hydrogen (secondary N) is 1. The molecule has 1 saturated heterocycles. The van der Waals surface area contributed by atoms with Gasteiger partial charge in [0.05, 0.1) is 22.1 Å². The number of amides is 3. The number of hydrogen-bond acceptors (Lipinski definition) is 5. The molecule has 4 rings (SSSR count). The van der Waals surface area contributed by atoms with Crippen molar-refractivity contribution in [1.29, 1.82) is 0 Å². The first-order valence-corrected chi connectivity index (χ1v) is 11.4. The maximum Gasteiger partial charge on any atom is 0.233 e. The average molecular weight is 414 g/mol. The Morgan fingerprint density at radius 2 is 1.93 bits per heavy atom. The van der Waals surface area contributed by atoms with Crippen molar-refractivity contribution in [3.8, 4) is 0 Å². The summed E-state index contributed by atoms with van der Waals surface area (Å²) in [7, 11) is 0. The lowest BCUT2D eigenvalue weighted by Gasteiger charge is -2.19. The summed E-state index contributed by atoms with van der Waals surface area (Å²) in [6.45, 7) is 2.33. The molecule has 2 fully saturated rings. The zero-order valence-electron chi connectivity index (χ0n) is 16.8. The van der Waals surface area contributed by atoms with Crippen LogP contribution in [0.15, 0.2) is 18.2 Å². The van der Waals surface area contributed by atoms with Crippen LogP contribution >= 0.6 is 11.3 Å². The molecule has 3 amide bonds. The summed E-state index contributed by atoms with van der Waals surface area (Å²) in [6.07, 6.45) is 7.07. The summed E-state index contributed by atoms with van der Waals surface area (Å²) < 4.78 is 1.06. The number of fused-ring (bicyclic) bond motifs is 2. The highest BCUT2D eigenvalue weighted by atomic mass is 32.1. The predicted octanol–water partition coefficient (Wildman–Crippen LogP) is 4.14. The molecule has 1 aliphatic heterocycles. The number of hydrogen-bond donors (Lipinski definition) is 1. The van der Waals surface area contributed by atoms with E-state index in [1.165, 1.54) is 21.8 Å². The Balaban J connectivity index is 1.35. The van der Waals surface area contributed by atoms with Crippen LogP contribution in [0.25, 0.3) is 10.2 Å². The summed E-state index contributed by atoms with van der Waals surface area (Å²) in [5, 5.41) is 3.39. The topological polar surface area (TPSA) is 79.4 Å². The second kappa shape index (κ2) is 8.61. The largest absolute Gasteiger partial charge is 0.302 e. The maximum absolute atomic E-state index is 12.5. The van der Waals surface area contributed by atoms with Gasteiger partial charge < -0.3 is 5.32 Å². The molecule has 2 aliphatic rings. The number of imide groups is 1. The van der Waals surface area contributed by atoms with Crippen molar-refractivity contribution in [2.45, 2.75) is 58.3 Å². The fourth-order valence-electron chi connectivity index (χ4n) is 4.41. The minimum absolute atomic E-state index is 0.0907. The van der Waals surface area contributed by atoms with E-state index in [0.717, 1.165) is 55.2 Å². The SMILES string of the molecule is CCCCc1ccc2nc(NC(=O)CCN3C(=O)C4CCCCC4C3=O)sc2c1. The first kappa shape index (κ1) is 20.0. The van der Waals surface area contributed by atoms with E-state index in [4.69, 9.17) is 0 Å². The number of rotatable bonds is 7. The summed E-state index contributed by atoms with van der Waals surface area (Å²) in [5.74, 6) is -0.721. The van der Waals surface area contributed by atoms with Gasteiger partial charge in [-0.15, -0.1) is 0 Å². The third kappa shape index (κ3) is 4.20. The van der Waals surface area contributed by atoms with E-state index in [1.807, 2.05) is 6.07 Å². The smallest absolute Gasteiger partial charge is 0.233 e. The number of aromatic nitrogens is 1. The van der Waals surface area contributed by atoms with Crippen molar-refractivity contribution in [2.75, 3.05) is 11.9 Å². The molecule has 2 unspecified atom stereocenters. The van der Waals surface area contributed by atoms with E-state index in [-0.39, 0.29) is 42.5 Å². The molecule has 29 heavy (non-hydrogen) atoms. The lowest BCUT2D eigenvalue weighted by atomic mass is 9.81. The summed E-state index contributed by atoms with van der Waals surface area (Å²) in [5.41, 5.74) is 2.16. The second-order valence-corrected chi connectivity index (χ2v) is 9.08. The van der Waals surface area contributed by atoms with Crippen molar-refractivity contribution in [3.05, 3.63) is 23.8 Å². The summed E-state index contributed by atoms with van der Waals surface area (Å²) >= 11 is 1.46.